The Balaban J connectivity index is 1.61. The molecule has 0 bridgehead atoms. The van der Waals surface area contributed by atoms with Crippen LogP contribution < -0.4 is 4.74 Å². The monoisotopic (exact) mass is 298 g/mol. The van der Waals surface area contributed by atoms with Gasteiger partial charge in [0.25, 0.3) is 0 Å². The van der Waals surface area contributed by atoms with Gasteiger partial charge in [0.2, 0.25) is 0 Å². The van der Waals surface area contributed by atoms with E-state index >= 15 is 0 Å². The number of carbonyl (C=O) groups is 1. The molecule has 2 aromatic carbocycles. The van der Waals surface area contributed by atoms with Gasteiger partial charge in [0, 0.05) is 6.42 Å². The largest absolute Gasteiger partial charge is 0.489 e. The van der Waals surface area contributed by atoms with E-state index in [0.29, 0.717) is 26.2 Å². The first-order valence-electron chi connectivity index (χ1n) is 7.33. The van der Waals surface area contributed by atoms with E-state index in [-0.39, 0.29) is 6.42 Å². The summed E-state index contributed by atoms with van der Waals surface area (Å²) >= 11 is 0. The highest BCUT2D eigenvalue weighted by Crippen LogP contribution is 2.22. The molecule has 0 fully saturated rings. The standard InChI is InChI=1S/C18H18O4/c19-18(20)7-5-13-2-1-3-17(9-13)22-10-14-4-6-15-11-21-12-16(15)8-14/h1-4,6,8-9H,5,7,10-12H2,(H,19,20). The van der Waals surface area contributed by atoms with Crippen LogP contribution in [0.15, 0.2) is 42.5 Å². The third kappa shape index (κ3) is 3.65. The molecule has 22 heavy (non-hydrogen) atoms. The van der Waals surface area contributed by atoms with Crippen molar-refractivity contribution in [2.75, 3.05) is 0 Å². The Morgan fingerprint density at radius 2 is 1.95 bits per heavy atom. The Bertz CT molecular complexity index is 679. The lowest BCUT2D eigenvalue weighted by Crippen LogP contribution is -1.99. The van der Waals surface area contributed by atoms with Crippen molar-refractivity contribution < 1.29 is 19.4 Å². The van der Waals surface area contributed by atoms with Crippen LogP contribution >= 0.6 is 0 Å². The molecule has 1 aliphatic rings. The molecule has 0 radical (unpaired) electrons. The fraction of sp³-hybridized carbons (Fsp3) is 0.278. The van der Waals surface area contributed by atoms with Crippen molar-refractivity contribution in [3.05, 3.63) is 64.7 Å². The summed E-state index contributed by atoms with van der Waals surface area (Å²) in [5.74, 6) is -0.0219. The van der Waals surface area contributed by atoms with Crippen molar-refractivity contribution in [3.8, 4) is 5.75 Å². The minimum Gasteiger partial charge on any atom is -0.489 e. The van der Waals surface area contributed by atoms with Gasteiger partial charge in [-0.15, -0.1) is 0 Å². The van der Waals surface area contributed by atoms with Gasteiger partial charge in [0.1, 0.15) is 12.4 Å². The summed E-state index contributed by atoms with van der Waals surface area (Å²) < 4.78 is 11.2. The molecule has 0 unspecified atom stereocenters. The van der Waals surface area contributed by atoms with E-state index in [1.54, 1.807) is 0 Å². The molecule has 114 valence electrons. The van der Waals surface area contributed by atoms with Crippen molar-refractivity contribution in [1.82, 2.24) is 0 Å². The van der Waals surface area contributed by atoms with Crippen LogP contribution in [0.3, 0.4) is 0 Å². The zero-order valence-electron chi connectivity index (χ0n) is 12.2. The van der Waals surface area contributed by atoms with Crippen LogP contribution in [0.4, 0.5) is 0 Å². The van der Waals surface area contributed by atoms with Gasteiger partial charge >= 0.3 is 5.97 Å². The molecular weight excluding hydrogens is 280 g/mol. The van der Waals surface area contributed by atoms with Crippen LogP contribution in [0.25, 0.3) is 0 Å². The van der Waals surface area contributed by atoms with Crippen molar-refractivity contribution in [2.24, 2.45) is 0 Å². The van der Waals surface area contributed by atoms with Crippen molar-refractivity contribution >= 4 is 5.97 Å². The molecule has 2 aromatic rings. The summed E-state index contributed by atoms with van der Waals surface area (Å²) in [6, 6.07) is 13.9. The Labute approximate surface area is 129 Å². The van der Waals surface area contributed by atoms with Crippen LogP contribution in [0, 0.1) is 0 Å². The summed E-state index contributed by atoms with van der Waals surface area (Å²) in [6.45, 7) is 1.87. The third-order valence-corrected chi connectivity index (χ3v) is 3.72. The molecule has 0 amide bonds. The fourth-order valence-electron chi connectivity index (χ4n) is 2.52. The minimum absolute atomic E-state index is 0.133. The van der Waals surface area contributed by atoms with Crippen molar-refractivity contribution in [1.29, 1.82) is 0 Å². The topological polar surface area (TPSA) is 55.8 Å². The minimum atomic E-state index is -0.785. The van der Waals surface area contributed by atoms with E-state index in [1.807, 2.05) is 24.3 Å². The Hall–Kier alpha value is -2.33. The van der Waals surface area contributed by atoms with Gasteiger partial charge in [-0.2, -0.15) is 0 Å². The Morgan fingerprint density at radius 3 is 2.82 bits per heavy atom. The van der Waals surface area contributed by atoms with Crippen LogP contribution in [-0.4, -0.2) is 11.1 Å². The van der Waals surface area contributed by atoms with Crippen molar-refractivity contribution in [3.63, 3.8) is 0 Å². The second-order valence-corrected chi connectivity index (χ2v) is 5.43. The quantitative estimate of drug-likeness (QED) is 0.889. The highest BCUT2D eigenvalue weighted by Gasteiger charge is 2.11. The number of rotatable bonds is 6. The van der Waals surface area contributed by atoms with Crippen LogP contribution in [-0.2, 0) is 35.8 Å². The van der Waals surface area contributed by atoms with Crippen LogP contribution in [0.1, 0.15) is 28.7 Å². The van der Waals surface area contributed by atoms with Crippen LogP contribution in [0.2, 0.25) is 0 Å². The molecule has 4 nitrogen and oxygen atoms in total. The highest BCUT2D eigenvalue weighted by atomic mass is 16.5. The van der Waals surface area contributed by atoms with Gasteiger partial charge in [-0.05, 0) is 46.9 Å². The normalized spacial score (nSPS) is 12.9. The van der Waals surface area contributed by atoms with E-state index in [2.05, 4.69) is 18.2 Å². The second kappa shape index (κ2) is 6.62. The molecule has 1 aliphatic heterocycles. The summed E-state index contributed by atoms with van der Waals surface area (Å²) in [6.07, 6.45) is 0.650. The summed E-state index contributed by atoms with van der Waals surface area (Å²) in [5, 5.41) is 8.73. The maximum atomic E-state index is 10.6. The third-order valence-electron chi connectivity index (χ3n) is 3.72. The van der Waals surface area contributed by atoms with Crippen LogP contribution in [0.5, 0.6) is 5.75 Å². The molecule has 0 saturated heterocycles. The number of hydrogen-bond donors (Lipinski definition) is 1. The van der Waals surface area contributed by atoms with Gasteiger partial charge in [-0.25, -0.2) is 0 Å². The lowest BCUT2D eigenvalue weighted by atomic mass is 10.1. The molecule has 1 N–H and O–H groups in total. The number of carboxylic acids is 1. The number of benzene rings is 2. The number of carboxylic acid groups (broad SMARTS) is 1. The average molecular weight is 298 g/mol. The number of hydrogen-bond acceptors (Lipinski definition) is 3. The molecule has 1 heterocycles. The maximum Gasteiger partial charge on any atom is 0.303 e. The smallest absolute Gasteiger partial charge is 0.303 e. The Morgan fingerprint density at radius 1 is 1.09 bits per heavy atom. The first kappa shape index (κ1) is 14.6. The van der Waals surface area contributed by atoms with E-state index < -0.39 is 5.97 Å². The molecule has 0 aromatic heterocycles. The molecule has 0 aliphatic carbocycles. The van der Waals surface area contributed by atoms with Crippen molar-refractivity contribution in [2.45, 2.75) is 32.7 Å². The number of aryl methyl sites for hydroxylation is 1. The average Bonchev–Trinajstić information content (AvgIpc) is 2.99. The summed E-state index contributed by atoms with van der Waals surface area (Å²) in [5.41, 5.74) is 4.57. The van der Waals surface area contributed by atoms with Gasteiger partial charge in [-0.1, -0.05) is 24.3 Å². The Kier molecular flexibility index (Phi) is 4.39. The van der Waals surface area contributed by atoms with Gasteiger partial charge in [0.15, 0.2) is 0 Å². The molecular formula is C18H18O4. The molecule has 3 rings (SSSR count). The lowest BCUT2D eigenvalue weighted by molar-refractivity contribution is -0.136. The predicted molar refractivity (Wildman–Crippen MR) is 81.7 cm³/mol. The first-order valence-corrected chi connectivity index (χ1v) is 7.33. The van der Waals surface area contributed by atoms with E-state index in [4.69, 9.17) is 14.6 Å². The summed E-state index contributed by atoms with van der Waals surface area (Å²) in [4.78, 5) is 10.6. The first-order chi connectivity index (χ1) is 10.7. The number of ether oxygens (including phenoxy) is 2. The van der Waals surface area contributed by atoms with E-state index in [9.17, 15) is 4.79 Å². The molecule has 0 spiro atoms. The number of aliphatic carboxylic acids is 1. The lowest BCUT2D eigenvalue weighted by Gasteiger charge is -2.09. The maximum absolute atomic E-state index is 10.6. The predicted octanol–water partition coefficient (Wildman–Crippen LogP) is 3.31. The second-order valence-electron chi connectivity index (χ2n) is 5.43. The van der Waals surface area contributed by atoms with E-state index in [1.165, 1.54) is 11.1 Å². The molecule has 0 saturated carbocycles. The van der Waals surface area contributed by atoms with Gasteiger partial charge < -0.3 is 14.6 Å². The van der Waals surface area contributed by atoms with E-state index in [0.717, 1.165) is 16.9 Å². The molecule has 4 heteroatoms. The zero-order chi connectivity index (χ0) is 15.4. The van der Waals surface area contributed by atoms with Gasteiger partial charge in [-0.3, -0.25) is 4.79 Å². The number of fused-ring (bicyclic) bond motifs is 1. The van der Waals surface area contributed by atoms with Gasteiger partial charge in [0.05, 0.1) is 13.2 Å². The highest BCUT2D eigenvalue weighted by molar-refractivity contribution is 5.67. The zero-order valence-corrected chi connectivity index (χ0v) is 12.2. The fourth-order valence-corrected chi connectivity index (χ4v) is 2.52. The molecule has 0 atom stereocenters. The SMILES string of the molecule is O=C(O)CCc1cccc(OCc2ccc3c(c2)COC3)c1. The summed E-state index contributed by atoms with van der Waals surface area (Å²) in [7, 11) is 0.